The van der Waals surface area contributed by atoms with Gasteiger partial charge >= 0.3 is 0 Å². The highest BCUT2D eigenvalue weighted by atomic mass is 35.5. The lowest BCUT2D eigenvalue weighted by molar-refractivity contribution is 0.315. The van der Waals surface area contributed by atoms with Crippen molar-refractivity contribution in [2.75, 3.05) is 7.05 Å². The maximum Gasteiger partial charge on any atom is 0.0959 e. The second-order valence-electron chi connectivity index (χ2n) is 6.07. The Bertz CT molecular complexity index is 635. The number of aromatic nitrogens is 1. The Morgan fingerprint density at radius 1 is 1.23 bits per heavy atom. The Kier molecular flexibility index (Phi) is 5.40. The van der Waals surface area contributed by atoms with E-state index in [1.165, 1.54) is 36.4 Å². The van der Waals surface area contributed by atoms with E-state index in [1.807, 2.05) is 23.5 Å². The number of halogens is 2. The summed E-state index contributed by atoms with van der Waals surface area (Å²) in [7, 11) is 2.10. The van der Waals surface area contributed by atoms with Crippen LogP contribution in [0.2, 0.25) is 10.0 Å². The fraction of sp³-hybridized carbons (Fsp3) is 0.471. The van der Waals surface area contributed by atoms with E-state index in [-0.39, 0.29) is 0 Å². The number of thiazole rings is 1. The third-order valence-corrected chi connectivity index (χ3v) is 5.80. The molecule has 1 aromatic carbocycles. The quantitative estimate of drug-likeness (QED) is 0.680. The lowest BCUT2D eigenvalue weighted by atomic mass is 10.1. The highest BCUT2D eigenvalue weighted by Gasteiger charge is 2.20. The van der Waals surface area contributed by atoms with Gasteiger partial charge in [-0.3, -0.25) is 4.90 Å². The summed E-state index contributed by atoms with van der Waals surface area (Å²) >= 11 is 14.0. The van der Waals surface area contributed by atoms with Gasteiger partial charge in [0.15, 0.2) is 0 Å². The smallest absolute Gasteiger partial charge is 0.0959 e. The first-order valence-corrected chi connectivity index (χ1v) is 9.32. The molecule has 22 heavy (non-hydrogen) atoms. The van der Waals surface area contributed by atoms with Crippen molar-refractivity contribution in [2.24, 2.45) is 0 Å². The van der Waals surface area contributed by atoms with Crippen LogP contribution in [0.15, 0.2) is 23.6 Å². The molecule has 1 fully saturated rings. The lowest BCUT2D eigenvalue weighted by Gasteiger charge is -2.16. The van der Waals surface area contributed by atoms with E-state index >= 15 is 0 Å². The van der Waals surface area contributed by atoms with Crippen molar-refractivity contribution in [1.82, 2.24) is 9.88 Å². The van der Waals surface area contributed by atoms with Gasteiger partial charge < -0.3 is 0 Å². The van der Waals surface area contributed by atoms with Crippen LogP contribution < -0.4 is 0 Å². The van der Waals surface area contributed by atoms with E-state index < -0.39 is 0 Å². The van der Waals surface area contributed by atoms with E-state index in [1.54, 1.807) is 6.07 Å². The predicted octanol–water partition coefficient (Wildman–Crippen LogP) is 5.74. The van der Waals surface area contributed by atoms with Gasteiger partial charge in [-0.25, -0.2) is 4.98 Å². The Balaban J connectivity index is 1.60. The minimum absolute atomic E-state index is 0.678. The van der Waals surface area contributed by atoms with Gasteiger partial charge in [-0.1, -0.05) is 42.1 Å². The van der Waals surface area contributed by atoms with Crippen molar-refractivity contribution < 1.29 is 0 Å². The summed E-state index contributed by atoms with van der Waals surface area (Å²) in [5, 5.41) is 4.93. The van der Waals surface area contributed by atoms with Crippen molar-refractivity contribution in [3.8, 4) is 0 Å². The molecule has 0 atom stereocenters. The predicted molar refractivity (Wildman–Crippen MR) is 95.0 cm³/mol. The maximum absolute atomic E-state index is 6.24. The molecule has 0 radical (unpaired) electrons. The summed E-state index contributed by atoms with van der Waals surface area (Å²) < 4.78 is 0. The van der Waals surface area contributed by atoms with E-state index in [0.29, 0.717) is 10.9 Å². The van der Waals surface area contributed by atoms with E-state index in [0.717, 1.165) is 23.7 Å². The van der Waals surface area contributed by atoms with Gasteiger partial charge in [-0.15, -0.1) is 11.3 Å². The average Bonchev–Trinajstić information content (AvgIpc) is 3.12. The SMILES string of the molecule is CN(Cc1csc(C2CCCC2)n1)Cc1ccc(Cl)cc1Cl. The molecule has 1 saturated carbocycles. The molecular formula is C17H20Cl2N2S. The first-order valence-electron chi connectivity index (χ1n) is 7.68. The molecular weight excluding hydrogens is 335 g/mol. The molecule has 3 rings (SSSR count). The molecule has 0 saturated heterocycles. The lowest BCUT2D eigenvalue weighted by Crippen LogP contribution is -2.17. The van der Waals surface area contributed by atoms with Gasteiger partial charge in [-0.2, -0.15) is 0 Å². The van der Waals surface area contributed by atoms with Gasteiger partial charge in [0.2, 0.25) is 0 Å². The summed E-state index contributed by atoms with van der Waals surface area (Å²) in [6, 6.07) is 5.68. The second kappa shape index (κ2) is 7.31. The Morgan fingerprint density at radius 3 is 2.73 bits per heavy atom. The zero-order valence-electron chi connectivity index (χ0n) is 12.7. The molecule has 0 N–H and O–H groups in total. The number of nitrogens with zero attached hydrogens (tertiary/aromatic N) is 2. The van der Waals surface area contributed by atoms with Crippen LogP contribution in [0.4, 0.5) is 0 Å². The largest absolute Gasteiger partial charge is 0.296 e. The highest BCUT2D eigenvalue weighted by molar-refractivity contribution is 7.09. The highest BCUT2D eigenvalue weighted by Crippen LogP contribution is 2.35. The molecule has 1 aromatic heterocycles. The van der Waals surface area contributed by atoms with Crippen molar-refractivity contribution in [1.29, 1.82) is 0 Å². The van der Waals surface area contributed by atoms with Crippen LogP contribution in [0, 0.1) is 0 Å². The number of rotatable bonds is 5. The normalized spacial score (nSPS) is 15.8. The summed E-state index contributed by atoms with van der Waals surface area (Å²) in [6.07, 6.45) is 5.33. The topological polar surface area (TPSA) is 16.1 Å². The molecule has 0 spiro atoms. The fourth-order valence-electron chi connectivity index (χ4n) is 3.03. The van der Waals surface area contributed by atoms with Gasteiger partial charge in [0.05, 0.1) is 10.7 Å². The minimum Gasteiger partial charge on any atom is -0.296 e. The maximum atomic E-state index is 6.24. The third kappa shape index (κ3) is 4.02. The van der Waals surface area contributed by atoms with Crippen molar-refractivity contribution in [2.45, 2.75) is 44.7 Å². The van der Waals surface area contributed by atoms with Gasteiger partial charge in [0.25, 0.3) is 0 Å². The van der Waals surface area contributed by atoms with E-state index in [4.69, 9.17) is 28.2 Å². The zero-order valence-corrected chi connectivity index (χ0v) is 15.0. The van der Waals surface area contributed by atoms with Crippen molar-refractivity contribution in [3.63, 3.8) is 0 Å². The van der Waals surface area contributed by atoms with Crippen LogP contribution in [0.3, 0.4) is 0 Å². The molecule has 1 aliphatic rings. The summed E-state index contributed by atoms with van der Waals surface area (Å²) in [5.74, 6) is 0.703. The molecule has 0 amide bonds. The molecule has 2 nitrogen and oxygen atoms in total. The molecule has 0 bridgehead atoms. The molecule has 118 valence electrons. The average molecular weight is 355 g/mol. The van der Waals surface area contributed by atoms with Gasteiger partial charge in [-0.05, 0) is 37.6 Å². The van der Waals surface area contributed by atoms with Crippen LogP contribution >= 0.6 is 34.5 Å². The van der Waals surface area contributed by atoms with Crippen LogP contribution in [-0.2, 0) is 13.1 Å². The Labute approximate surface area is 146 Å². The minimum atomic E-state index is 0.678. The van der Waals surface area contributed by atoms with Crippen LogP contribution in [-0.4, -0.2) is 16.9 Å². The van der Waals surface area contributed by atoms with Gasteiger partial charge in [0.1, 0.15) is 0 Å². The van der Waals surface area contributed by atoms with Crippen LogP contribution in [0.1, 0.15) is 47.9 Å². The van der Waals surface area contributed by atoms with Crippen LogP contribution in [0.25, 0.3) is 0 Å². The van der Waals surface area contributed by atoms with Gasteiger partial charge in [0, 0.05) is 34.4 Å². The second-order valence-corrected chi connectivity index (χ2v) is 7.80. The first-order chi connectivity index (χ1) is 10.6. The van der Waals surface area contributed by atoms with Crippen molar-refractivity contribution >= 4 is 34.5 Å². The molecule has 1 heterocycles. The molecule has 5 heteroatoms. The van der Waals surface area contributed by atoms with Crippen LogP contribution in [0.5, 0.6) is 0 Å². The van der Waals surface area contributed by atoms with E-state index in [2.05, 4.69) is 17.3 Å². The Hall–Kier alpha value is -0.610. The zero-order chi connectivity index (χ0) is 15.5. The number of hydrogen-bond donors (Lipinski definition) is 0. The molecule has 0 aliphatic heterocycles. The molecule has 2 aromatic rings. The monoisotopic (exact) mass is 354 g/mol. The Morgan fingerprint density at radius 2 is 2.00 bits per heavy atom. The summed E-state index contributed by atoms with van der Waals surface area (Å²) in [4.78, 5) is 7.07. The summed E-state index contributed by atoms with van der Waals surface area (Å²) in [5.41, 5.74) is 2.26. The fourth-order valence-corrected chi connectivity index (χ4v) is 4.48. The standard InChI is InChI=1S/C17H20Cl2N2S/c1-21(9-13-6-7-14(18)8-16(13)19)10-15-11-22-17(20-15)12-4-2-3-5-12/h6-8,11-12H,2-5,9-10H2,1H3. The van der Waals surface area contributed by atoms with Crippen molar-refractivity contribution in [3.05, 3.63) is 49.9 Å². The molecule has 0 unspecified atom stereocenters. The number of benzene rings is 1. The molecule has 1 aliphatic carbocycles. The summed E-state index contributed by atoms with van der Waals surface area (Å²) in [6.45, 7) is 1.65. The first kappa shape index (κ1) is 16.3. The number of hydrogen-bond acceptors (Lipinski definition) is 3. The third-order valence-electron chi connectivity index (χ3n) is 4.16. The van der Waals surface area contributed by atoms with E-state index in [9.17, 15) is 0 Å².